The van der Waals surface area contributed by atoms with Crippen LogP contribution in [0.1, 0.15) is 22.8 Å². The van der Waals surface area contributed by atoms with Crippen molar-refractivity contribution in [3.63, 3.8) is 0 Å². The molecule has 0 fully saturated rings. The summed E-state index contributed by atoms with van der Waals surface area (Å²) in [4.78, 5) is 14.9. The number of aromatic carboxylic acids is 1. The first kappa shape index (κ1) is 13.4. The summed E-state index contributed by atoms with van der Waals surface area (Å²) in [6.45, 7) is 2.06. The van der Waals surface area contributed by atoms with Gasteiger partial charge in [0.2, 0.25) is 5.88 Å². The third-order valence-electron chi connectivity index (χ3n) is 2.63. The molecule has 98 valence electrons. The van der Waals surface area contributed by atoms with Crippen molar-refractivity contribution in [2.24, 2.45) is 0 Å². The first-order valence-corrected chi connectivity index (χ1v) is 6.14. The number of aromatic nitrogens is 1. The Bertz CT molecular complexity index is 596. The van der Waals surface area contributed by atoms with Gasteiger partial charge >= 0.3 is 5.97 Å². The molecular formula is C14H12ClNO3. The van der Waals surface area contributed by atoms with Crippen molar-refractivity contribution in [1.82, 2.24) is 4.98 Å². The molecule has 0 bridgehead atoms. The number of nitrogens with zero attached hydrogens (tertiary/aromatic N) is 1. The van der Waals surface area contributed by atoms with Crippen molar-refractivity contribution < 1.29 is 14.6 Å². The molecule has 1 aromatic carbocycles. The fraction of sp³-hybridized carbons (Fsp3) is 0.143. The summed E-state index contributed by atoms with van der Waals surface area (Å²) in [5.41, 5.74) is 1.16. The average Bonchev–Trinajstić information content (AvgIpc) is 2.41. The van der Waals surface area contributed by atoms with Crippen molar-refractivity contribution >= 4 is 17.6 Å². The van der Waals surface area contributed by atoms with E-state index in [1.54, 1.807) is 12.1 Å². The van der Waals surface area contributed by atoms with Gasteiger partial charge in [0.15, 0.2) is 0 Å². The van der Waals surface area contributed by atoms with Crippen LogP contribution in [-0.2, 0) is 6.42 Å². The highest BCUT2D eigenvalue weighted by Crippen LogP contribution is 2.29. The predicted molar refractivity (Wildman–Crippen MR) is 72.1 cm³/mol. The number of carbonyl (C=O) groups is 1. The van der Waals surface area contributed by atoms with Crippen LogP contribution in [0.4, 0.5) is 0 Å². The molecule has 0 saturated heterocycles. The Kier molecular flexibility index (Phi) is 4.02. The third kappa shape index (κ3) is 3.03. The minimum atomic E-state index is -1.11. The SMILES string of the molecule is CCc1ccc(Oc2nccc(C(=O)O)c2Cl)cc1. The number of halogens is 1. The van der Waals surface area contributed by atoms with Gasteiger partial charge in [-0.05, 0) is 30.2 Å². The second-order valence-corrected chi connectivity index (χ2v) is 4.26. The van der Waals surface area contributed by atoms with Crippen molar-refractivity contribution in [2.45, 2.75) is 13.3 Å². The fourth-order valence-corrected chi connectivity index (χ4v) is 1.80. The van der Waals surface area contributed by atoms with Crippen LogP contribution in [0.3, 0.4) is 0 Å². The van der Waals surface area contributed by atoms with E-state index in [0.717, 1.165) is 6.42 Å². The largest absolute Gasteiger partial charge is 0.478 e. The molecule has 2 aromatic rings. The normalized spacial score (nSPS) is 10.2. The van der Waals surface area contributed by atoms with Crippen LogP contribution in [0.2, 0.25) is 5.02 Å². The second-order valence-electron chi connectivity index (χ2n) is 3.88. The Morgan fingerprint density at radius 3 is 2.58 bits per heavy atom. The zero-order valence-corrected chi connectivity index (χ0v) is 11.0. The summed E-state index contributed by atoms with van der Waals surface area (Å²) in [6.07, 6.45) is 2.29. The maximum absolute atomic E-state index is 10.9. The summed E-state index contributed by atoms with van der Waals surface area (Å²) in [5.74, 6) is -0.460. The van der Waals surface area contributed by atoms with E-state index < -0.39 is 5.97 Å². The Morgan fingerprint density at radius 2 is 2.00 bits per heavy atom. The zero-order valence-electron chi connectivity index (χ0n) is 10.3. The number of carboxylic acid groups (broad SMARTS) is 1. The minimum Gasteiger partial charge on any atom is -0.478 e. The highest BCUT2D eigenvalue weighted by molar-refractivity contribution is 6.34. The minimum absolute atomic E-state index is 0.00503. The van der Waals surface area contributed by atoms with Gasteiger partial charge in [0.1, 0.15) is 10.8 Å². The number of ether oxygens (including phenoxy) is 1. The highest BCUT2D eigenvalue weighted by atomic mass is 35.5. The van der Waals surface area contributed by atoms with Gasteiger partial charge in [-0.2, -0.15) is 0 Å². The Morgan fingerprint density at radius 1 is 1.32 bits per heavy atom. The summed E-state index contributed by atoms with van der Waals surface area (Å²) in [5, 5.41) is 8.95. The van der Waals surface area contributed by atoms with Gasteiger partial charge in [-0.15, -0.1) is 0 Å². The van der Waals surface area contributed by atoms with Crippen LogP contribution >= 0.6 is 11.6 Å². The molecule has 0 spiro atoms. The Labute approximate surface area is 115 Å². The lowest BCUT2D eigenvalue weighted by molar-refractivity contribution is 0.0696. The molecule has 2 rings (SSSR count). The zero-order chi connectivity index (χ0) is 13.8. The van der Waals surface area contributed by atoms with Crippen LogP contribution < -0.4 is 4.74 Å². The quantitative estimate of drug-likeness (QED) is 0.924. The van der Waals surface area contributed by atoms with E-state index in [0.29, 0.717) is 5.75 Å². The van der Waals surface area contributed by atoms with Crippen molar-refractivity contribution in [3.8, 4) is 11.6 Å². The molecule has 0 unspecified atom stereocenters. The van der Waals surface area contributed by atoms with Crippen LogP contribution in [0.5, 0.6) is 11.6 Å². The first-order chi connectivity index (χ1) is 9.11. The maximum Gasteiger partial charge on any atom is 0.337 e. The van der Waals surface area contributed by atoms with E-state index in [9.17, 15) is 4.79 Å². The van der Waals surface area contributed by atoms with E-state index in [2.05, 4.69) is 11.9 Å². The number of pyridine rings is 1. The number of benzene rings is 1. The molecule has 1 heterocycles. The molecule has 0 radical (unpaired) electrons. The third-order valence-corrected chi connectivity index (χ3v) is 3.00. The molecular weight excluding hydrogens is 266 g/mol. The molecule has 0 amide bonds. The van der Waals surface area contributed by atoms with Gasteiger partial charge in [0.05, 0.1) is 5.56 Å². The average molecular weight is 278 g/mol. The van der Waals surface area contributed by atoms with Crippen LogP contribution in [0, 0.1) is 0 Å². The summed E-state index contributed by atoms with van der Waals surface area (Å²) >= 11 is 5.94. The number of rotatable bonds is 4. The smallest absolute Gasteiger partial charge is 0.337 e. The lowest BCUT2D eigenvalue weighted by atomic mass is 10.2. The summed E-state index contributed by atoms with van der Waals surface area (Å²) in [7, 11) is 0. The Hall–Kier alpha value is -2.07. The van der Waals surface area contributed by atoms with Crippen LogP contribution in [0.25, 0.3) is 0 Å². The lowest BCUT2D eigenvalue weighted by Gasteiger charge is -2.08. The number of aryl methyl sites for hydroxylation is 1. The fourth-order valence-electron chi connectivity index (χ4n) is 1.57. The van der Waals surface area contributed by atoms with Gasteiger partial charge in [0.25, 0.3) is 0 Å². The van der Waals surface area contributed by atoms with Crippen molar-refractivity contribution in [2.75, 3.05) is 0 Å². The molecule has 0 saturated carbocycles. The molecule has 5 heteroatoms. The Balaban J connectivity index is 2.27. The molecule has 19 heavy (non-hydrogen) atoms. The number of hydrogen-bond acceptors (Lipinski definition) is 3. The van der Waals surface area contributed by atoms with E-state index in [1.807, 2.05) is 12.1 Å². The highest BCUT2D eigenvalue weighted by Gasteiger charge is 2.14. The van der Waals surface area contributed by atoms with Crippen LogP contribution in [0.15, 0.2) is 36.5 Å². The van der Waals surface area contributed by atoms with E-state index >= 15 is 0 Å². The molecule has 4 nitrogen and oxygen atoms in total. The molecule has 1 aromatic heterocycles. The standard InChI is InChI=1S/C14H12ClNO3/c1-2-9-3-5-10(6-4-9)19-13-12(15)11(14(17)18)7-8-16-13/h3-8H,2H2,1H3,(H,17,18). The summed E-state index contributed by atoms with van der Waals surface area (Å²) in [6, 6.07) is 8.79. The monoisotopic (exact) mass is 277 g/mol. The maximum atomic E-state index is 10.9. The van der Waals surface area contributed by atoms with Crippen molar-refractivity contribution in [3.05, 3.63) is 52.7 Å². The van der Waals surface area contributed by atoms with Gasteiger partial charge in [-0.1, -0.05) is 30.7 Å². The van der Waals surface area contributed by atoms with E-state index in [4.69, 9.17) is 21.4 Å². The number of hydrogen-bond donors (Lipinski definition) is 1. The van der Waals surface area contributed by atoms with Gasteiger partial charge < -0.3 is 9.84 Å². The van der Waals surface area contributed by atoms with E-state index in [-0.39, 0.29) is 16.5 Å². The first-order valence-electron chi connectivity index (χ1n) is 5.76. The van der Waals surface area contributed by atoms with Gasteiger partial charge in [-0.25, -0.2) is 9.78 Å². The van der Waals surface area contributed by atoms with Crippen LogP contribution in [-0.4, -0.2) is 16.1 Å². The second kappa shape index (κ2) is 5.71. The summed E-state index contributed by atoms with van der Waals surface area (Å²) < 4.78 is 5.49. The molecule has 0 aliphatic heterocycles. The van der Waals surface area contributed by atoms with E-state index in [1.165, 1.54) is 17.8 Å². The lowest BCUT2D eigenvalue weighted by Crippen LogP contribution is -2.00. The molecule has 0 aliphatic rings. The molecule has 1 N–H and O–H groups in total. The van der Waals surface area contributed by atoms with Gasteiger partial charge in [-0.3, -0.25) is 0 Å². The molecule has 0 aliphatic carbocycles. The number of carboxylic acids is 1. The van der Waals surface area contributed by atoms with Gasteiger partial charge in [0, 0.05) is 6.20 Å². The topological polar surface area (TPSA) is 59.4 Å². The van der Waals surface area contributed by atoms with Crippen molar-refractivity contribution in [1.29, 1.82) is 0 Å². The predicted octanol–water partition coefficient (Wildman–Crippen LogP) is 3.79. The molecule has 0 atom stereocenters.